The van der Waals surface area contributed by atoms with Gasteiger partial charge in [-0.25, -0.2) is 23.5 Å². The Hall–Kier alpha value is -2.71. The summed E-state index contributed by atoms with van der Waals surface area (Å²) in [5.74, 6) is 0.956. The standard InChI is InChI=1S/C18H23F2N5O2/c1-10(2)22-17-13-7-15(21-8-11(13)6-14(24-17)16(19)20)23-12-4-3-5-25(9-12)18(26)27/h6-8,10,12,16H,3-5,9H2,1-2H3,(H,21,23)(H,22,24)(H,26,27)/t12-/m0/s1. The summed E-state index contributed by atoms with van der Waals surface area (Å²) in [6.45, 7) is 4.73. The van der Waals surface area contributed by atoms with Crippen molar-refractivity contribution in [1.82, 2.24) is 14.9 Å². The van der Waals surface area contributed by atoms with Crippen LogP contribution in [0.1, 0.15) is 38.8 Å². The van der Waals surface area contributed by atoms with Crippen LogP contribution in [0, 0.1) is 0 Å². The average Bonchev–Trinajstić information content (AvgIpc) is 2.61. The minimum Gasteiger partial charge on any atom is -0.465 e. The van der Waals surface area contributed by atoms with E-state index in [1.807, 2.05) is 13.8 Å². The van der Waals surface area contributed by atoms with Gasteiger partial charge in [0.25, 0.3) is 6.43 Å². The van der Waals surface area contributed by atoms with E-state index in [1.165, 1.54) is 17.2 Å². The molecule has 1 atom stereocenters. The van der Waals surface area contributed by atoms with Crippen molar-refractivity contribution in [1.29, 1.82) is 0 Å². The van der Waals surface area contributed by atoms with Crippen molar-refractivity contribution in [3.8, 4) is 0 Å². The van der Waals surface area contributed by atoms with Crippen LogP contribution in [0.25, 0.3) is 10.8 Å². The SMILES string of the molecule is CC(C)Nc1nc(C(F)F)cc2cnc(N[C@H]3CCCN(C(=O)O)C3)cc12. The van der Waals surface area contributed by atoms with Crippen molar-refractivity contribution < 1.29 is 18.7 Å². The first-order valence-corrected chi connectivity index (χ1v) is 8.93. The van der Waals surface area contributed by atoms with Crippen molar-refractivity contribution >= 4 is 28.5 Å². The van der Waals surface area contributed by atoms with Gasteiger partial charge in [-0.3, -0.25) is 0 Å². The van der Waals surface area contributed by atoms with Gasteiger partial charge in [0.15, 0.2) is 0 Å². The van der Waals surface area contributed by atoms with Crippen LogP contribution in [-0.4, -0.2) is 51.2 Å². The average molecular weight is 379 g/mol. The Morgan fingerprint density at radius 2 is 2.15 bits per heavy atom. The molecule has 1 saturated heterocycles. The van der Waals surface area contributed by atoms with E-state index in [2.05, 4.69) is 20.6 Å². The summed E-state index contributed by atoms with van der Waals surface area (Å²) in [5.41, 5.74) is -0.294. The molecule has 0 bridgehead atoms. The molecular weight excluding hydrogens is 356 g/mol. The summed E-state index contributed by atoms with van der Waals surface area (Å²) in [5, 5.41) is 16.8. The van der Waals surface area contributed by atoms with Gasteiger partial charge in [-0.15, -0.1) is 0 Å². The molecule has 2 aromatic rings. The number of pyridine rings is 2. The quantitative estimate of drug-likeness (QED) is 0.729. The van der Waals surface area contributed by atoms with Gasteiger partial charge in [-0.2, -0.15) is 0 Å². The Kier molecular flexibility index (Phi) is 5.57. The molecule has 3 N–H and O–H groups in total. The Morgan fingerprint density at radius 1 is 1.37 bits per heavy atom. The first-order chi connectivity index (χ1) is 12.8. The van der Waals surface area contributed by atoms with Gasteiger partial charge in [0.05, 0.1) is 0 Å². The first kappa shape index (κ1) is 19.1. The number of aromatic nitrogens is 2. The van der Waals surface area contributed by atoms with Crippen LogP contribution in [0.15, 0.2) is 18.3 Å². The van der Waals surface area contributed by atoms with Crippen LogP contribution in [0.3, 0.4) is 0 Å². The molecule has 0 spiro atoms. The first-order valence-electron chi connectivity index (χ1n) is 8.93. The Bertz CT molecular complexity index is 831. The number of nitrogens with one attached hydrogen (secondary N) is 2. The number of halogens is 2. The van der Waals surface area contributed by atoms with E-state index in [1.54, 1.807) is 6.07 Å². The summed E-state index contributed by atoms with van der Waals surface area (Å²) in [4.78, 5) is 20.9. The largest absolute Gasteiger partial charge is 0.465 e. The van der Waals surface area contributed by atoms with E-state index in [0.717, 1.165) is 12.8 Å². The van der Waals surface area contributed by atoms with E-state index >= 15 is 0 Å². The van der Waals surface area contributed by atoms with Crippen molar-refractivity contribution in [2.24, 2.45) is 0 Å². The lowest BCUT2D eigenvalue weighted by atomic mass is 10.1. The smallest absolute Gasteiger partial charge is 0.407 e. The molecule has 7 nitrogen and oxygen atoms in total. The molecule has 1 aliphatic rings. The minimum absolute atomic E-state index is 0.0284. The molecule has 0 aromatic carbocycles. The molecule has 3 rings (SSSR count). The number of nitrogens with zero attached hydrogens (tertiary/aromatic N) is 3. The summed E-state index contributed by atoms with van der Waals surface area (Å²) in [7, 11) is 0. The van der Waals surface area contributed by atoms with Crippen molar-refractivity contribution in [2.45, 2.75) is 45.2 Å². The van der Waals surface area contributed by atoms with Gasteiger partial charge in [-0.05, 0) is 38.8 Å². The lowest BCUT2D eigenvalue weighted by Crippen LogP contribution is -2.44. The number of fused-ring (bicyclic) bond motifs is 1. The zero-order chi connectivity index (χ0) is 19.6. The summed E-state index contributed by atoms with van der Waals surface area (Å²) >= 11 is 0. The molecule has 3 heterocycles. The second-order valence-electron chi connectivity index (χ2n) is 7.00. The van der Waals surface area contributed by atoms with Gasteiger partial charge in [0.1, 0.15) is 17.3 Å². The van der Waals surface area contributed by atoms with Crippen LogP contribution in [0.4, 0.5) is 25.2 Å². The molecule has 0 radical (unpaired) electrons. The lowest BCUT2D eigenvalue weighted by Gasteiger charge is -2.31. The number of rotatable bonds is 5. The zero-order valence-corrected chi connectivity index (χ0v) is 15.2. The second-order valence-corrected chi connectivity index (χ2v) is 7.00. The lowest BCUT2D eigenvalue weighted by molar-refractivity contribution is 0.132. The zero-order valence-electron chi connectivity index (χ0n) is 15.2. The number of hydrogen-bond donors (Lipinski definition) is 3. The second kappa shape index (κ2) is 7.89. The maximum atomic E-state index is 13.1. The molecule has 1 amide bonds. The monoisotopic (exact) mass is 379 g/mol. The predicted octanol–water partition coefficient (Wildman–Crippen LogP) is 3.94. The highest BCUT2D eigenvalue weighted by Crippen LogP contribution is 2.29. The number of alkyl halides is 2. The molecule has 146 valence electrons. The highest BCUT2D eigenvalue weighted by molar-refractivity contribution is 5.93. The van der Waals surface area contributed by atoms with E-state index < -0.39 is 12.5 Å². The Morgan fingerprint density at radius 3 is 2.81 bits per heavy atom. The highest BCUT2D eigenvalue weighted by atomic mass is 19.3. The van der Waals surface area contributed by atoms with Gasteiger partial charge in [0, 0.05) is 42.1 Å². The predicted molar refractivity (Wildman–Crippen MR) is 99.5 cm³/mol. The number of hydrogen-bond acceptors (Lipinski definition) is 5. The number of likely N-dealkylation sites (tertiary alicyclic amines) is 1. The van der Waals surface area contributed by atoms with Crippen LogP contribution in [0.2, 0.25) is 0 Å². The van der Waals surface area contributed by atoms with Gasteiger partial charge in [-0.1, -0.05) is 0 Å². The minimum atomic E-state index is -2.66. The number of carbonyl (C=O) groups is 1. The van der Waals surface area contributed by atoms with Gasteiger partial charge < -0.3 is 20.6 Å². The van der Waals surface area contributed by atoms with E-state index in [-0.39, 0.29) is 17.8 Å². The molecule has 9 heteroatoms. The molecule has 1 aliphatic heterocycles. The van der Waals surface area contributed by atoms with Crippen LogP contribution in [0.5, 0.6) is 0 Å². The summed E-state index contributed by atoms with van der Waals surface area (Å²) in [6, 6.07) is 3.09. The van der Waals surface area contributed by atoms with E-state index in [4.69, 9.17) is 5.11 Å². The van der Waals surface area contributed by atoms with Crippen molar-refractivity contribution in [2.75, 3.05) is 23.7 Å². The Balaban J connectivity index is 1.89. The molecular formula is C18H23F2N5O2. The van der Waals surface area contributed by atoms with Gasteiger partial charge >= 0.3 is 6.09 Å². The fourth-order valence-corrected chi connectivity index (χ4v) is 3.22. The number of anilines is 2. The molecule has 1 fully saturated rings. The molecule has 0 saturated carbocycles. The van der Waals surface area contributed by atoms with Crippen LogP contribution < -0.4 is 10.6 Å². The third-order valence-electron chi connectivity index (χ3n) is 4.43. The topological polar surface area (TPSA) is 90.4 Å². The number of carboxylic acid groups (broad SMARTS) is 1. The fraction of sp³-hybridized carbons (Fsp3) is 0.500. The Labute approximate surface area is 155 Å². The highest BCUT2D eigenvalue weighted by Gasteiger charge is 2.23. The molecule has 27 heavy (non-hydrogen) atoms. The third-order valence-corrected chi connectivity index (χ3v) is 4.43. The summed E-state index contributed by atoms with van der Waals surface area (Å²) in [6.07, 6.45) is -0.446. The van der Waals surface area contributed by atoms with Gasteiger partial charge in [0.2, 0.25) is 0 Å². The van der Waals surface area contributed by atoms with Crippen molar-refractivity contribution in [3.05, 3.63) is 24.0 Å². The van der Waals surface area contributed by atoms with Crippen molar-refractivity contribution in [3.63, 3.8) is 0 Å². The maximum absolute atomic E-state index is 13.1. The number of amides is 1. The molecule has 2 aromatic heterocycles. The van der Waals surface area contributed by atoms with Crippen LogP contribution >= 0.6 is 0 Å². The third kappa shape index (κ3) is 4.53. The van der Waals surface area contributed by atoms with Crippen LogP contribution in [-0.2, 0) is 0 Å². The summed E-state index contributed by atoms with van der Waals surface area (Å²) < 4.78 is 26.3. The normalized spacial score (nSPS) is 17.6. The van der Waals surface area contributed by atoms with E-state index in [9.17, 15) is 13.6 Å². The number of piperidine rings is 1. The molecule has 0 aliphatic carbocycles. The fourth-order valence-electron chi connectivity index (χ4n) is 3.22. The maximum Gasteiger partial charge on any atom is 0.407 e. The van der Waals surface area contributed by atoms with E-state index in [0.29, 0.717) is 35.5 Å². The molecule has 0 unspecified atom stereocenters.